The molecule has 2 rings (SSSR count). The van der Waals surface area contributed by atoms with Gasteiger partial charge in [-0.1, -0.05) is 24.3 Å². The first kappa shape index (κ1) is 11.6. The molecule has 0 spiro atoms. The number of halogens is 1. The van der Waals surface area contributed by atoms with Crippen LogP contribution in [0.15, 0.2) is 48.5 Å². The summed E-state index contributed by atoms with van der Waals surface area (Å²) in [5, 5.41) is 0. The van der Waals surface area contributed by atoms with Crippen LogP contribution in [0.3, 0.4) is 0 Å². The maximum atomic E-state index is 13.3. The first-order valence-electron chi connectivity index (χ1n) is 5.45. The molecule has 2 aromatic carbocycles. The SMILES string of the molecule is C[C@H](N)c1ccc(Oc2ccccc2F)cc1. The number of hydrogen-bond acceptors (Lipinski definition) is 2. The predicted octanol–water partition coefficient (Wildman–Crippen LogP) is 3.64. The van der Waals surface area contributed by atoms with Crippen LogP contribution in [-0.2, 0) is 0 Å². The zero-order chi connectivity index (χ0) is 12.3. The summed E-state index contributed by atoms with van der Waals surface area (Å²) in [6.45, 7) is 1.91. The highest BCUT2D eigenvalue weighted by molar-refractivity contribution is 5.34. The van der Waals surface area contributed by atoms with E-state index in [-0.39, 0.29) is 17.6 Å². The Morgan fingerprint density at radius 2 is 1.71 bits per heavy atom. The van der Waals surface area contributed by atoms with Crippen molar-refractivity contribution in [1.82, 2.24) is 0 Å². The second-order valence-electron chi connectivity index (χ2n) is 3.89. The van der Waals surface area contributed by atoms with Crippen molar-refractivity contribution in [2.45, 2.75) is 13.0 Å². The van der Waals surface area contributed by atoms with Crippen molar-refractivity contribution in [2.75, 3.05) is 0 Å². The summed E-state index contributed by atoms with van der Waals surface area (Å²) in [7, 11) is 0. The Morgan fingerprint density at radius 3 is 2.29 bits per heavy atom. The number of rotatable bonds is 3. The molecule has 0 aromatic heterocycles. The molecule has 0 fully saturated rings. The molecule has 0 saturated heterocycles. The van der Waals surface area contributed by atoms with Crippen LogP contribution in [-0.4, -0.2) is 0 Å². The first-order valence-corrected chi connectivity index (χ1v) is 5.45. The van der Waals surface area contributed by atoms with Crippen LogP contribution < -0.4 is 10.5 Å². The molecule has 0 unspecified atom stereocenters. The van der Waals surface area contributed by atoms with Crippen molar-refractivity contribution in [3.63, 3.8) is 0 Å². The monoisotopic (exact) mass is 231 g/mol. The van der Waals surface area contributed by atoms with E-state index < -0.39 is 0 Å². The smallest absolute Gasteiger partial charge is 0.165 e. The second kappa shape index (κ2) is 4.97. The molecule has 0 aliphatic heterocycles. The van der Waals surface area contributed by atoms with Gasteiger partial charge in [0.1, 0.15) is 5.75 Å². The van der Waals surface area contributed by atoms with Crippen molar-refractivity contribution in [3.8, 4) is 11.5 Å². The first-order chi connectivity index (χ1) is 8.16. The molecule has 0 aliphatic rings. The molecule has 0 saturated carbocycles. The standard InChI is InChI=1S/C14H14FNO/c1-10(16)11-6-8-12(9-7-11)17-14-5-3-2-4-13(14)15/h2-10H,16H2,1H3/t10-/m0/s1. The van der Waals surface area contributed by atoms with Crippen molar-refractivity contribution >= 4 is 0 Å². The van der Waals surface area contributed by atoms with E-state index in [2.05, 4.69) is 0 Å². The van der Waals surface area contributed by atoms with Crippen LogP contribution in [0, 0.1) is 5.82 Å². The van der Waals surface area contributed by atoms with Gasteiger partial charge >= 0.3 is 0 Å². The van der Waals surface area contributed by atoms with Crippen molar-refractivity contribution in [1.29, 1.82) is 0 Å². The van der Waals surface area contributed by atoms with E-state index in [1.54, 1.807) is 30.3 Å². The Balaban J connectivity index is 2.17. The lowest BCUT2D eigenvalue weighted by molar-refractivity contribution is 0.442. The zero-order valence-corrected chi connectivity index (χ0v) is 9.56. The highest BCUT2D eigenvalue weighted by atomic mass is 19.1. The number of ether oxygens (including phenoxy) is 1. The van der Waals surface area contributed by atoms with E-state index in [0.717, 1.165) is 5.56 Å². The summed E-state index contributed by atoms with van der Waals surface area (Å²) < 4.78 is 18.8. The van der Waals surface area contributed by atoms with E-state index >= 15 is 0 Å². The Morgan fingerprint density at radius 1 is 1.06 bits per heavy atom. The van der Waals surface area contributed by atoms with Crippen LogP contribution in [0.1, 0.15) is 18.5 Å². The van der Waals surface area contributed by atoms with Gasteiger partial charge in [0.05, 0.1) is 0 Å². The number of hydrogen-bond donors (Lipinski definition) is 1. The van der Waals surface area contributed by atoms with Gasteiger partial charge in [0, 0.05) is 6.04 Å². The van der Waals surface area contributed by atoms with Gasteiger partial charge in [-0.05, 0) is 36.8 Å². The fourth-order valence-electron chi connectivity index (χ4n) is 1.49. The van der Waals surface area contributed by atoms with Crippen molar-refractivity contribution < 1.29 is 9.13 Å². The lowest BCUT2D eigenvalue weighted by atomic mass is 10.1. The predicted molar refractivity (Wildman–Crippen MR) is 65.5 cm³/mol. The van der Waals surface area contributed by atoms with Crippen LogP contribution >= 0.6 is 0 Å². The summed E-state index contributed by atoms with van der Waals surface area (Å²) in [6, 6.07) is 13.6. The average molecular weight is 231 g/mol. The lowest BCUT2D eigenvalue weighted by Gasteiger charge is -2.09. The third-order valence-electron chi connectivity index (χ3n) is 2.47. The van der Waals surface area contributed by atoms with Gasteiger partial charge in [-0.3, -0.25) is 0 Å². The minimum Gasteiger partial charge on any atom is -0.454 e. The van der Waals surface area contributed by atoms with Crippen LogP contribution in [0.5, 0.6) is 11.5 Å². The summed E-state index contributed by atoms with van der Waals surface area (Å²) >= 11 is 0. The quantitative estimate of drug-likeness (QED) is 0.875. The molecule has 88 valence electrons. The normalized spacial score (nSPS) is 12.2. The van der Waals surface area contributed by atoms with Gasteiger partial charge in [0.2, 0.25) is 0 Å². The molecule has 0 bridgehead atoms. The summed E-state index contributed by atoms with van der Waals surface area (Å²) in [5.74, 6) is 0.448. The Labute approximate surface area is 99.8 Å². The van der Waals surface area contributed by atoms with Crippen LogP contribution in [0.2, 0.25) is 0 Å². The average Bonchev–Trinajstić information content (AvgIpc) is 2.33. The second-order valence-corrected chi connectivity index (χ2v) is 3.89. The molecule has 17 heavy (non-hydrogen) atoms. The van der Waals surface area contributed by atoms with Gasteiger partial charge in [0.25, 0.3) is 0 Å². The van der Waals surface area contributed by atoms with Gasteiger partial charge in [-0.25, -0.2) is 4.39 Å². The molecule has 2 nitrogen and oxygen atoms in total. The van der Waals surface area contributed by atoms with Crippen molar-refractivity contribution in [3.05, 3.63) is 59.9 Å². The van der Waals surface area contributed by atoms with Gasteiger partial charge in [-0.2, -0.15) is 0 Å². The van der Waals surface area contributed by atoms with E-state index in [9.17, 15) is 4.39 Å². The Bertz CT molecular complexity index is 494. The zero-order valence-electron chi connectivity index (χ0n) is 9.56. The third-order valence-corrected chi connectivity index (χ3v) is 2.47. The van der Waals surface area contributed by atoms with Gasteiger partial charge < -0.3 is 10.5 Å². The number of para-hydroxylation sites is 1. The summed E-state index contributed by atoms with van der Waals surface area (Å²) in [5.41, 5.74) is 6.76. The highest BCUT2D eigenvalue weighted by Gasteiger charge is 2.04. The van der Waals surface area contributed by atoms with Crippen molar-refractivity contribution in [2.24, 2.45) is 5.73 Å². The fourth-order valence-corrected chi connectivity index (χ4v) is 1.49. The number of benzene rings is 2. The summed E-state index contributed by atoms with van der Waals surface area (Å²) in [4.78, 5) is 0. The lowest BCUT2D eigenvalue weighted by Crippen LogP contribution is -2.04. The fraction of sp³-hybridized carbons (Fsp3) is 0.143. The molecule has 0 radical (unpaired) electrons. The molecular weight excluding hydrogens is 217 g/mol. The van der Waals surface area contributed by atoms with Crippen LogP contribution in [0.25, 0.3) is 0 Å². The molecule has 2 N–H and O–H groups in total. The third kappa shape index (κ3) is 2.82. The largest absolute Gasteiger partial charge is 0.454 e. The molecule has 0 heterocycles. The number of nitrogens with two attached hydrogens (primary N) is 1. The van der Waals surface area contributed by atoms with Crippen LogP contribution in [0.4, 0.5) is 4.39 Å². The summed E-state index contributed by atoms with van der Waals surface area (Å²) in [6.07, 6.45) is 0. The molecule has 1 atom stereocenters. The van der Waals surface area contributed by atoms with E-state index in [4.69, 9.17) is 10.5 Å². The topological polar surface area (TPSA) is 35.2 Å². The minimum atomic E-state index is -0.372. The molecule has 0 aliphatic carbocycles. The Kier molecular flexibility index (Phi) is 3.40. The maximum Gasteiger partial charge on any atom is 0.165 e. The van der Waals surface area contributed by atoms with E-state index in [1.165, 1.54) is 6.07 Å². The van der Waals surface area contributed by atoms with Gasteiger partial charge in [-0.15, -0.1) is 0 Å². The molecular formula is C14H14FNO. The molecule has 0 amide bonds. The highest BCUT2D eigenvalue weighted by Crippen LogP contribution is 2.24. The molecule has 3 heteroatoms. The Hall–Kier alpha value is -1.87. The molecule has 2 aromatic rings. The minimum absolute atomic E-state index is 0.0162. The van der Waals surface area contributed by atoms with E-state index in [1.807, 2.05) is 19.1 Å². The van der Waals surface area contributed by atoms with E-state index in [0.29, 0.717) is 5.75 Å². The van der Waals surface area contributed by atoms with Gasteiger partial charge in [0.15, 0.2) is 11.6 Å². The maximum absolute atomic E-state index is 13.3.